The Morgan fingerprint density at radius 2 is 2.00 bits per heavy atom. The fraction of sp³-hybridized carbons (Fsp3) is 0.368. The number of ether oxygens (including phenoxy) is 1. The SMILES string of the molecule is C[C@H](NC(=O)[C@H]1C[C@@H]1c1ccccc1)c1ccc(OCC(F)(F)F)cn1. The maximum atomic E-state index is 12.4. The molecule has 1 amide bonds. The first-order valence-corrected chi connectivity index (χ1v) is 8.34. The molecule has 1 heterocycles. The van der Waals surface area contributed by atoms with Crippen molar-refractivity contribution in [2.24, 2.45) is 5.92 Å². The third kappa shape index (κ3) is 4.74. The molecular formula is C19H19F3N2O2. The lowest BCUT2D eigenvalue weighted by atomic mass is 10.1. The Bertz CT molecular complexity index is 748. The average Bonchev–Trinajstić information content (AvgIpc) is 3.41. The van der Waals surface area contributed by atoms with E-state index in [0.717, 1.165) is 12.0 Å². The third-order valence-electron chi connectivity index (χ3n) is 4.32. The number of carbonyl (C=O) groups is 1. The highest BCUT2D eigenvalue weighted by Crippen LogP contribution is 2.47. The largest absolute Gasteiger partial charge is 0.483 e. The molecule has 26 heavy (non-hydrogen) atoms. The molecule has 138 valence electrons. The van der Waals surface area contributed by atoms with Crippen LogP contribution in [0.3, 0.4) is 0 Å². The van der Waals surface area contributed by atoms with E-state index < -0.39 is 12.8 Å². The van der Waals surface area contributed by atoms with Gasteiger partial charge in [-0.1, -0.05) is 30.3 Å². The van der Waals surface area contributed by atoms with Crippen molar-refractivity contribution in [3.63, 3.8) is 0 Å². The van der Waals surface area contributed by atoms with Gasteiger partial charge in [0.05, 0.1) is 17.9 Å². The van der Waals surface area contributed by atoms with Crippen molar-refractivity contribution in [3.05, 3.63) is 59.9 Å². The number of nitrogens with zero attached hydrogens (tertiary/aromatic N) is 1. The minimum absolute atomic E-state index is 0.0365. The summed E-state index contributed by atoms with van der Waals surface area (Å²) in [5.41, 5.74) is 1.72. The van der Waals surface area contributed by atoms with Gasteiger partial charge in [0.1, 0.15) is 5.75 Å². The highest BCUT2D eigenvalue weighted by atomic mass is 19.4. The molecule has 0 spiro atoms. The van der Waals surface area contributed by atoms with Crippen LogP contribution in [0.25, 0.3) is 0 Å². The van der Waals surface area contributed by atoms with Crippen LogP contribution >= 0.6 is 0 Å². The number of hydrogen-bond donors (Lipinski definition) is 1. The van der Waals surface area contributed by atoms with E-state index in [1.165, 1.54) is 12.3 Å². The monoisotopic (exact) mass is 364 g/mol. The zero-order valence-electron chi connectivity index (χ0n) is 14.2. The number of rotatable bonds is 6. The van der Waals surface area contributed by atoms with Gasteiger partial charge < -0.3 is 10.1 Å². The van der Waals surface area contributed by atoms with Gasteiger partial charge in [-0.05, 0) is 37.0 Å². The van der Waals surface area contributed by atoms with Crippen LogP contribution in [-0.2, 0) is 4.79 Å². The van der Waals surface area contributed by atoms with Gasteiger partial charge in [0.2, 0.25) is 5.91 Å². The van der Waals surface area contributed by atoms with Gasteiger partial charge >= 0.3 is 6.18 Å². The second-order valence-electron chi connectivity index (χ2n) is 6.41. The molecule has 0 aliphatic heterocycles. The van der Waals surface area contributed by atoms with Gasteiger partial charge in [0.15, 0.2) is 6.61 Å². The second-order valence-corrected chi connectivity index (χ2v) is 6.41. The van der Waals surface area contributed by atoms with E-state index in [-0.39, 0.29) is 29.5 Å². The molecule has 2 aromatic rings. The molecule has 1 aromatic carbocycles. The van der Waals surface area contributed by atoms with Crippen molar-refractivity contribution < 1.29 is 22.7 Å². The van der Waals surface area contributed by atoms with Crippen LogP contribution in [0.4, 0.5) is 13.2 Å². The van der Waals surface area contributed by atoms with Crippen molar-refractivity contribution in [1.29, 1.82) is 0 Å². The maximum absolute atomic E-state index is 12.4. The summed E-state index contributed by atoms with van der Waals surface area (Å²) in [6.45, 7) is 0.430. The molecule has 1 aliphatic rings. The highest BCUT2D eigenvalue weighted by Gasteiger charge is 2.44. The smallest absolute Gasteiger partial charge is 0.422 e. The Hall–Kier alpha value is -2.57. The molecule has 4 nitrogen and oxygen atoms in total. The lowest BCUT2D eigenvalue weighted by Crippen LogP contribution is -2.29. The van der Waals surface area contributed by atoms with Crippen LogP contribution in [0.1, 0.15) is 36.6 Å². The third-order valence-corrected chi connectivity index (χ3v) is 4.32. The Morgan fingerprint density at radius 3 is 2.62 bits per heavy atom. The van der Waals surface area contributed by atoms with E-state index in [4.69, 9.17) is 0 Å². The fourth-order valence-corrected chi connectivity index (χ4v) is 2.85. The Labute approximate surface area is 149 Å². The predicted molar refractivity (Wildman–Crippen MR) is 89.6 cm³/mol. The predicted octanol–water partition coefficient (Wildman–Crippen LogP) is 4.00. The average molecular weight is 364 g/mol. The topological polar surface area (TPSA) is 51.2 Å². The molecule has 1 aliphatic carbocycles. The van der Waals surface area contributed by atoms with Crippen molar-refractivity contribution >= 4 is 5.91 Å². The normalized spacial score (nSPS) is 20.3. The number of hydrogen-bond acceptors (Lipinski definition) is 3. The molecule has 7 heteroatoms. The summed E-state index contributed by atoms with van der Waals surface area (Å²) in [4.78, 5) is 16.4. The summed E-state index contributed by atoms with van der Waals surface area (Å²) in [6, 6.07) is 12.5. The fourth-order valence-electron chi connectivity index (χ4n) is 2.85. The van der Waals surface area contributed by atoms with Crippen LogP contribution in [0.2, 0.25) is 0 Å². The number of nitrogens with one attached hydrogen (secondary N) is 1. The number of benzene rings is 1. The van der Waals surface area contributed by atoms with Crippen LogP contribution in [0.15, 0.2) is 48.7 Å². The van der Waals surface area contributed by atoms with Crippen molar-refractivity contribution in [3.8, 4) is 5.75 Å². The summed E-state index contributed by atoms with van der Waals surface area (Å²) in [7, 11) is 0. The summed E-state index contributed by atoms with van der Waals surface area (Å²) in [6.07, 6.45) is -2.34. The minimum atomic E-state index is -4.39. The van der Waals surface area contributed by atoms with Gasteiger partial charge in [-0.2, -0.15) is 13.2 Å². The van der Waals surface area contributed by atoms with E-state index >= 15 is 0 Å². The molecule has 3 atom stereocenters. The number of alkyl halides is 3. The molecule has 1 aromatic heterocycles. The molecule has 0 radical (unpaired) electrons. The quantitative estimate of drug-likeness (QED) is 0.843. The summed E-state index contributed by atoms with van der Waals surface area (Å²) in [5.74, 6) is 0.199. The molecule has 1 saturated carbocycles. The molecule has 3 rings (SSSR count). The molecular weight excluding hydrogens is 345 g/mol. The van der Waals surface area contributed by atoms with E-state index in [1.807, 2.05) is 30.3 Å². The number of pyridine rings is 1. The van der Waals surface area contributed by atoms with Crippen molar-refractivity contribution in [2.75, 3.05) is 6.61 Å². The standard InChI is InChI=1S/C19H19F3N2O2/c1-12(17-8-7-14(10-23-17)26-11-19(20,21)22)24-18(25)16-9-15(16)13-5-3-2-4-6-13/h2-8,10,12,15-16H,9,11H2,1H3,(H,24,25)/t12-,15+,16-/m0/s1. The van der Waals surface area contributed by atoms with Crippen molar-refractivity contribution in [2.45, 2.75) is 31.5 Å². The van der Waals surface area contributed by atoms with E-state index in [2.05, 4.69) is 15.0 Å². The van der Waals surface area contributed by atoms with Gasteiger partial charge in [-0.3, -0.25) is 9.78 Å². The number of halogens is 3. The van der Waals surface area contributed by atoms with Crippen LogP contribution in [0, 0.1) is 5.92 Å². The van der Waals surface area contributed by atoms with E-state index in [0.29, 0.717) is 5.69 Å². The molecule has 1 N–H and O–H groups in total. The summed E-state index contributed by atoms with van der Waals surface area (Å²) >= 11 is 0. The number of amides is 1. The summed E-state index contributed by atoms with van der Waals surface area (Å²) < 4.78 is 41.0. The Balaban J connectivity index is 1.52. The molecule has 0 bridgehead atoms. The zero-order chi connectivity index (χ0) is 18.7. The summed E-state index contributed by atoms with van der Waals surface area (Å²) in [5, 5.41) is 2.91. The van der Waals surface area contributed by atoms with Gasteiger partial charge in [0.25, 0.3) is 0 Å². The minimum Gasteiger partial charge on any atom is -0.483 e. The van der Waals surface area contributed by atoms with Crippen LogP contribution in [-0.4, -0.2) is 23.7 Å². The molecule has 0 saturated heterocycles. The van der Waals surface area contributed by atoms with Crippen LogP contribution in [0.5, 0.6) is 5.75 Å². The number of aromatic nitrogens is 1. The Kier molecular flexibility index (Phi) is 5.15. The first-order valence-electron chi connectivity index (χ1n) is 8.34. The first-order chi connectivity index (χ1) is 12.3. The van der Waals surface area contributed by atoms with Crippen LogP contribution < -0.4 is 10.1 Å². The lowest BCUT2D eigenvalue weighted by Gasteiger charge is -2.14. The number of carbonyl (C=O) groups excluding carboxylic acids is 1. The van der Waals surface area contributed by atoms with E-state index in [1.54, 1.807) is 13.0 Å². The van der Waals surface area contributed by atoms with Crippen molar-refractivity contribution in [1.82, 2.24) is 10.3 Å². The lowest BCUT2D eigenvalue weighted by molar-refractivity contribution is -0.153. The van der Waals surface area contributed by atoms with E-state index in [9.17, 15) is 18.0 Å². The zero-order valence-corrected chi connectivity index (χ0v) is 14.2. The molecule has 1 fully saturated rings. The first kappa shape index (κ1) is 18.2. The highest BCUT2D eigenvalue weighted by molar-refractivity contribution is 5.83. The van der Waals surface area contributed by atoms with Gasteiger partial charge in [-0.25, -0.2) is 0 Å². The second kappa shape index (κ2) is 7.35. The molecule has 0 unspecified atom stereocenters. The van der Waals surface area contributed by atoms with Gasteiger partial charge in [-0.15, -0.1) is 0 Å². The maximum Gasteiger partial charge on any atom is 0.422 e. The Morgan fingerprint density at radius 1 is 1.27 bits per heavy atom. The van der Waals surface area contributed by atoms with Gasteiger partial charge in [0, 0.05) is 5.92 Å².